The van der Waals surface area contributed by atoms with E-state index < -0.39 is 35.2 Å². The molecule has 2 unspecified atom stereocenters. The van der Waals surface area contributed by atoms with Crippen molar-refractivity contribution in [3.05, 3.63) is 36.8 Å². The first-order chi connectivity index (χ1) is 13.2. The molecule has 0 aliphatic rings. The topological polar surface area (TPSA) is 83.1 Å². The van der Waals surface area contributed by atoms with Crippen molar-refractivity contribution in [3.8, 4) is 0 Å². The summed E-state index contributed by atoms with van der Waals surface area (Å²) >= 11 is 0. The molecule has 13 heteroatoms. The van der Waals surface area contributed by atoms with Crippen LogP contribution in [0.4, 0.5) is 0 Å². The van der Waals surface area contributed by atoms with Crippen molar-refractivity contribution in [2.24, 2.45) is 0 Å². The Kier molecular flexibility index (Phi) is 12.3. The molecule has 0 aliphatic heterocycles. The predicted molar refractivity (Wildman–Crippen MR) is 114 cm³/mol. The Morgan fingerprint density at radius 3 is 1.21 bits per heavy atom. The first kappa shape index (κ1) is 27.7. The van der Waals surface area contributed by atoms with Crippen LogP contribution in [0.2, 0.25) is 6.04 Å². The summed E-state index contributed by atoms with van der Waals surface area (Å²) in [5.74, 6) is 0. The summed E-state index contributed by atoms with van der Waals surface area (Å²) in [6.45, 7) is 13.3. The number of hydrogen-bond donors (Lipinski definition) is 0. The van der Waals surface area contributed by atoms with Gasteiger partial charge in [0, 0.05) is 48.7 Å². The maximum absolute atomic E-state index is 6.36. The molecule has 0 heterocycles. The van der Waals surface area contributed by atoms with E-state index in [4.69, 9.17) is 38.9 Å². The van der Waals surface area contributed by atoms with E-state index in [1.807, 2.05) is 6.92 Å². The molecule has 0 aromatic carbocycles. The summed E-state index contributed by atoms with van der Waals surface area (Å²) in [7, 11) is -4.68. The van der Waals surface area contributed by atoms with Gasteiger partial charge in [-0.05, 0) is 17.1 Å². The lowest BCUT2D eigenvalue weighted by Gasteiger charge is -2.41. The van der Waals surface area contributed by atoms with Crippen molar-refractivity contribution in [2.75, 3.05) is 42.7 Å². The lowest BCUT2D eigenvalue weighted by atomic mass is 10.6. The van der Waals surface area contributed by atoms with E-state index in [1.54, 1.807) is 0 Å². The van der Waals surface area contributed by atoms with Gasteiger partial charge >= 0.3 is 35.2 Å². The van der Waals surface area contributed by atoms with E-state index in [9.17, 15) is 0 Å². The molecule has 0 aromatic heterocycles. The fraction of sp³-hybridized carbons (Fsp3) is 0.600. The number of hydrogen-bond acceptors (Lipinski definition) is 9. The smallest absolute Gasteiger partial charge is 0.378 e. The molecular formula is C15H34O9Si4. The molecule has 2 atom stereocenters. The molecular weight excluding hydrogens is 437 g/mol. The van der Waals surface area contributed by atoms with Gasteiger partial charge in [0.15, 0.2) is 0 Å². The van der Waals surface area contributed by atoms with E-state index in [0.717, 1.165) is 0 Å². The number of rotatable bonds is 17. The maximum Gasteiger partial charge on any atom is 0.521 e. The zero-order valence-corrected chi connectivity index (χ0v) is 21.9. The van der Waals surface area contributed by atoms with Crippen molar-refractivity contribution >= 4 is 35.2 Å². The van der Waals surface area contributed by atoms with Gasteiger partial charge in [-0.25, -0.2) is 0 Å². The molecule has 9 nitrogen and oxygen atoms in total. The Bertz CT molecular complexity index is 502. The van der Waals surface area contributed by atoms with Crippen LogP contribution in [0.5, 0.6) is 0 Å². The van der Waals surface area contributed by atoms with Gasteiger partial charge in [0.1, 0.15) is 0 Å². The largest absolute Gasteiger partial charge is 0.521 e. The summed E-state index contributed by atoms with van der Waals surface area (Å²) in [6, 6.07) is 0.455. The molecule has 164 valence electrons. The van der Waals surface area contributed by atoms with Crippen molar-refractivity contribution in [3.63, 3.8) is 0 Å². The molecule has 0 saturated heterocycles. The third-order valence-corrected chi connectivity index (χ3v) is 17.0. The summed E-state index contributed by atoms with van der Waals surface area (Å²) in [5, 5.41) is 0. The second-order valence-electron chi connectivity index (χ2n) is 5.39. The van der Waals surface area contributed by atoms with Crippen molar-refractivity contribution < 1.29 is 38.9 Å². The summed E-state index contributed by atoms with van der Waals surface area (Å²) in [4.78, 5) is 0. The van der Waals surface area contributed by atoms with E-state index in [0.29, 0.717) is 12.5 Å². The normalized spacial score (nSPS) is 16.8. The monoisotopic (exact) mass is 470 g/mol. The second kappa shape index (κ2) is 12.4. The average Bonchev–Trinajstić information content (AvgIpc) is 2.75. The van der Waals surface area contributed by atoms with Gasteiger partial charge in [0.25, 0.3) is 0 Å². The summed E-state index contributed by atoms with van der Waals surface area (Å²) < 4.78 is 52.0. The van der Waals surface area contributed by atoms with Crippen LogP contribution in [0, 0.1) is 0 Å². The Labute approximate surface area is 173 Å². The van der Waals surface area contributed by atoms with E-state index in [1.165, 1.54) is 59.8 Å². The molecule has 0 saturated carbocycles. The van der Waals surface area contributed by atoms with Gasteiger partial charge in [-0.2, -0.15) is 0 Å². The highest BCUT2D eigenvalue weighted by Crippen LogP contribution is 2.30. The zero-order valence-electron chi connectivity index (χ0n) is 17.9. The molecule has 0 aliphatic carbocycles. The molecule has 28 heavy (non-hydrogen) atoms. The predicted octanol–water partition coefficient (Wildman–Crippen LogP) is 2.26. The van der Waals surface area contributed by atoms with Gasteiger partial charge < -0.3 is 38.9 Å². The first-order valence-corrected chi connectivity index (χ1v) is 15.9. The van der Waals surface area contributed by atoms with Crippen LogP contribution < -0.4 is 0 Å². The van der Waals surface area contributed by atoms with Crippen LogP contribution in [0.1, 0.15) is 13.3 Å². The highest BCUT2D eigenvalue weighted by Gasteiger charge is 2.59. The lowest BCUT2D eigenvalue weighted by molar-refractivity contribution is 0.0749. The fourth-order valence-electron chi connectivity index (χ4n) is 2.27. The van der Waals surface area contributed by atoms with Crippen LogP contribution in [-0.4, -0.2) is 77.9 Å². The standard InChI is InChI=1S/C15H34O9Si4/c1-11-15-28(21-10,23-26(13-3,18-7)19-8)24-27(14-4,20-9)22-25(12-2,16-5)17-6/h12-14H,2-4,11,15H2,1,5-10H3. The van der Waals surface area contributed by atoms with Crippen LogP contribution >= 0.6 is 0 Å². The van der Waals surface area contributed by atoms with Crippen LogP contribution in [0.25, 0.3) is 0 Å². The Morgan fingerprint density at radius 2 is 0.929 bits per heavy atom. The van der Waals surface area contributed by atoms with Crippen LogP contribution in [0.15, 0.2) is 36.8 Å². The Morgan fingerprint density at radius 1 is 0.571 bits per heavy atom. The first-order valence-electron chi connectivity index (χ1n) is 8.55. The highest BCUT2D eigenvalue weighted by atomic mass is 28.5. The van der Waals surface area contributed by atoms with Gasteiger partial charge in [-0.3, -0.25) is 0 Å². The SMILES string of the molecule is C=C[Si](OC)(OC)O[Si](C=C)(OC)O[Si](CCC)(OC)O[Si](C=C)(OC)OC. The minimum atomic E-state index is -3.58. The molecule has 0 rings (SSSR count). The molecule has 0 aromatic rings. The molecule has 0 bridgehead atoms. The third-order valence-electron chi connectivity index (χ3n) is 3.92. The quantitative estimate of drug-likeness (QED) is 0.297. The fourth-order valence-corrected chi connectivity index (χ4v) is 15.2. The van der Waals surface area contributed by atoms with Crippen LogP contribution in [-0.2, 0) is 38.9 Å². The lowest BCUT2D eigenvalue weighted by Crippen LogP contribution is -2.65. The Hall–Kier alpha value is -0.272. The van der Waals surface area contributed by atoms with Gasteiger partial charge in [0.05, 0.1) is 0 Å². The van der Waals surface area contributed by atoms with E-state index >= 15 is 0 Å². The van der Waals surface area contributed by atoms with Crippen molar-refractivity contribution in [1.82, 2.24) is 0 Å². The Balaban J connectivity index is 6.16. The second-order valence-corrected chi connectivity index (χ2v) is 17.0. The average molecular weight is 471 g/mol. The van der Waals surface area contributed by atoms with Gasteiger partial charge in [-0.1, -0.05) is 33.1 Å². The van der Waals surface area contributed by atoms with Crippen LogP contribution in [0.3, 0.4) is 0 Å². The minimum Gasteiger partial charge on any atom is -0.378 e. The minimum absolute atomic E-state index is 0.455. The van der Waals surface area contributed by atoms with Crippen molar-refractivity contribution in [2.45, 2.75) is 19.4 Å². The highest BCUT2D eigenvalue weighted by molar-refractivity contribution is 6.87. The maximum atomic E-state index is 6.36. The molecule has 0 N–H and O–H groups in total. The van der Waals surface area contributed by atoms with Crippen molar-refractivity contribution in [1.29, 1.82) is 0 Å². The molecule has 0 spiro atoms. The molecule has 0 radical (unpaired) electrons. The summed E-state index contributed by atoms with van der Waals surface area (Å²) in [6.07, 6.45) is 0.707. The molecule has 0 amide bonds. The summed E-state index contributed by atoms with van der Waals surface area (Å²) in [5.41, 5.74) is 4.45. The third kappa shape index (κ3) is 6.63. The van der Waals surface area contributed by atoms with Gasteiger partial charge in [0.2, 0.25) is 0 Å². The van der Waals surface area contributed by atoms with Gasteiger partial charge in [-0.15, -0.1) is 0 Å². The van der Waals surface area contributed by atoms with E-state index in [2.05, 4.69) is 19.7 Å². The van der Waals surface area contributed by atoms with E-state index in [-0.39, 0.29) is 0 Å². The molecule has 0 fully saturated rings. The zero-order chi connectivity index (χ0) is 21.9.